The van der Waals surface area contributed by atoms with E-state index in [1.165, 1.54) is 27.9 Å². The Morgan fingerprint density at radius 2 is 1.52 bits per heavy atom. The van der Waals surface area contributed by atoms with Crippen LogP contribution in [0.3, 0.4) is 0 Å². The first-order valence-electron chi connectivity index (χ1n) is 8.06. The number of nitrogens with two attached hydrogens (primary N) is 1. The van der Waals surface area contributed by atoms with E-state index in [-0.39, 0.29) is 6.04 Å². The number of hydrogen-bond donors (Lipinski definition) is 1. The maximum absolute atomic E-state index is 5.98. The highest BCUT2D eigenvalue weighted by Gasteiger charge is 2.31. The van der Waals surface area contributed by atoms with Gasteiger partial charge in [0.15, 0.2) is 0 Å². The van der Waals surface area contributed by atoms with Crippen molar-refractivity contribution in [2.75, 3.05) is 4.90 Å². The largest absolute Gasteiger partial charge is 0.356 e. The number of anilines is 1. The van der Waals surface area contributed by atoms with Crippen LogP contribution in [0, 0.1) is 0 Å². The molecule has 3 aromatic carbocycles. The molecule has 1 aliphatic heterocycles. The summed E-state index contributed by atoms with van der Waals surface area (Å²) in [7, 11) is 0. The van der Waals surface area contributed by atoms with Crippen molar-refractivity contribution >= 4 is 5.69 Å². The summed E-state index contributed by atoms with van der Waals surface area (Å²) in [5.41, 5.74) is 12.5. The Morgan fingerprint density at radius 3 is 2.35 bits per heavy atom. The average Bonchev–Trinajstić information content (AvgIpc) is 3.01. The van der Waals surface area contributed by atoms with Gasteiger partial charge in [0.25, 0.3) is 0 Å². The van der Waals surface area contributed by atoms with Gasteiger partial charge < -0.3 is 10.6 Å². The van der Waals surface area contributed by atoms with E-state index in [9.17, 15) is 0 Å². The molecule has 0 saturated heterocycles. The zero-order valence-corrected chi connectivity index (χ0v) is 13.0. The molecule has 2 heteroatoms. The molecule has 0 bridgehead atoms. The summed E-state index contributed by atoms with van der Waals surface area (Å²) in [6.45, 7) is 1.48. The van der Waals surface area contributed by atoms with Gasteiger partial charge in [0.2, 0.25) is 0 Å². The van der Waals surface area contributed by atoms with Gasteiger partial charge in [-0.25, -0.2) is 0 Å². The molecule has 23 heavy (non-hydrogen) atoms. The second kappa shape index (κ2) is 5.90. The molecule has 0 amide bonds. The van der Waals surface area contributed by atoms with E-state index in [0.717, 1.165) is 6.54 Å². The predicted molar refractivity (Wildman–Crippen MR) is 95.2 cm³/mol. The molecule has 3 aromatic rings. The third kappa shape index (κ3) is 2.41. The van der Waals surface area contributed by atoms with Crippen LogP contribution < -0.4 is 10.6 Å². The zero-order chi connectivity index (χ0) is 15.6. The van der Waals surface area contributed by atoms with Crippen LogP contribution in [0.15, 0.2) is 78.9 Å². The number of fused-ring (bicyclic) bond motifs is 1. The van der Waals surface area contributed by atoms with Crippen LogP contribution in [0.25, 0.3) is 0 Å². The number of hydrogen-bond acceptors (Lipinski definition) is 2. The summed E-state index contributed by atoms with van der Waals surface area (Å²) in [6, 6.07) is 28.2. The normalized spacial score (nSPS) is 16.4. The SMILES string of the molecule is NCc1ccccc1N1Cc2ccccc2C1c1ccccc1. The van der Waals surface area contributed by atoms with Crippen molar-refractivity contribution in [2.24, 2.45) is 5.73 Å². The van der Waals surface area contributed by atoms with Gasteiger partial charge in [-0.05, 0) is 28.3 Å². The fraction of sp³-hybridized carbons (Fsp3) is 0.143. The number of para-hydroxylation sites is 1. The van der Waals surface area contributed by atoms with E-state index < -0.39 is 0 Å². The number of rotatable bonds is 3. The van der Waals surface area contributed by atoms with Crippen molar-refractivity contribution in [3.63, 3.8) is 0 Å². The van der Waals surface area contributed by atoms with Gasteiger partial charge in [-0.15, -0.1) is 0 Å². The second-order valence-electron chi connectivity index (χ2n) is 5.97. The lowest BCUT2D eigenvalue weighted by Gasteiger charge is -2.29. The third-order valence-corrected chi connectivity index (χ3v) is 4.64. The van der Waals surface area contributed by atoms with Crippen LogP contribution in [0.2, 0.25) is 0 Å². The highest BCUT2D eigenvalue weighted by atomic mass is 15.2. The minimum Gasteiger partial charge on any atom is -0.356 e. The second-order valence-corrected chi connectivity index (χ2v) is 5.97. The monoisotopic (exact) mass is 300 g/mol. The van der Waals surface area contributed by atoms with Gasteiger partial charge in [0.1, 0.15) is 0 Å². The number of benzene rings is 3. The lowest BCUT2D eigenvalue weighted by molar-refractivity contribution is 0.763. The van der Waals surface area contributed by atoms with E-state index in [0.29, 0.717) is 6.54 Å². The van der Waals surface area contributed by atoms with Crippen molar-refractivity contribution in [1.82, 2.24) is 0 Å². The van der Waals surface area contributed by atoms with E-state index in [4.69, 9.17) is 5.73 Å². The highest BCUT2D eigenvalue weighted by molar-refractivity contribution is 5.61. The molecule has 0 radical (unpaired) electrons. The topological polar surface area (TPSA) is 29.3 Å². The molecule has 2 nitrogen and oxygen atoms in total. The first kappa shape index (κ1) is 14.0. The zero-order valence-electron chi connectivity index (χ0n) is 13.0. The fourth-order valence-electron chi connectivity index (χ4n) is 3.57. The molecule has 1 heterocycles. The summed E-state index contributed by atoms with van der Waals surface area (Å²) in [4.78, 5) is 2.47. The van der Waals surface area contributed by atoms with Gasteiger partial charge in [0, 0.05) is 18.8 Å². The Morgan fingerprint density at radius 1 is 0.826 bits per heavy atom. The van der Waals surface area contributed by atoms with Gasteiger partial charge >= 0.3 is 0 Å². The van der Waals surface area contributed by atoms with E-state index in [1.807, 2.05) is 0 Å². The first-order chi connectivity index (χ1) is 11.4. The molecule has 1 unspecified atom stereocenters. The van der Waals surface area contributed by atoms with Crippen LogP contribution in [0.4, 0.5) is 5.69 Å². The molecule has 0 spiro atoms. The molecule has 1 aliphatic rings. The van der Waals surface area contributed by atoms with Crippen LogP contribution in [0.1, 0.15) is 28.3 Å². The van der Waals surface area contributed by atoms with Gasteiger partial charge in [-0.2, -0.15) is 0 Å². The molecule has 2 N–H and O–H groups in total. The lowest BCUT2D eigenvalue weighted by atomic mass is 9.97. The molecule has 0 saturated carbocycles. The molecular weight excluding hydrogens is 280 g/mol. The molecule has 0 aliphatic carbocycles. The van der Waals surface area contributed by atoms with Crippen molar-refractivity contribution in [1.29, 1.82) is 0 Å². The summed E-state index contributed by atoms with van der Waals surface area (Å²) in [5, 5.41) is 0. The molecular formula is C21H20N2. The Labute approximate surface area is 137 Å². The molecule has 4 rings (SSSR count). The summed E-state index contributed by atoms with van der Waals surface area (Å²) >= 11 is 0. The summed E-state index contributed by atoms with van der Waals surface area (Å²) in [5.74, 6) is 0. The Kier molecular flexibility index (Phi) is 3.60. The van der Waals surface area contributed by atoms with E-state index >= 15 is 0 Å². The smallest absolute Gasteiger partial charge is 0.0803 e. The average molecular weight is 300 g/mol. The van der Waals surface area contributed by atoms with Crippen LogP contribution in [0.5, 0.6) is 0 Å². The van der Waals surface area contributed by atoms with Gasteiger partial charge in [0.05, 0.1) is 6.04 Å². The fourth-order valence-corrected chi connectivity index (χ4v) is 3.57. The number of nitrogens with zero attached hydrogens (tertiary/aromatic N) is 1. The van der Waals surface area contributed by atoms with Crippen molar-refractivity contribution in [3.8, 4) is 0 Å². The molecule has 0 fully saturated rings. The van der Waals surface area contributed by atoms with Gasteiger partial charge in [-0.1, -0.05) is 72.8 Å². The predicted octanol–water partition coefficient (Wildman–Crippen LogP) is 4.25. The first-order valence-corrected chi connectivity index (χ1v) is 8.06. The standard InChI is InChI=1S/C21H20N2/c22-14-17-10-5-7-13-20(17)23-15-18-11-4-6-12-19(18)21(23)16-8-2-1-3-9-16/h1-13,21H,14-15,22H2. The maximum Gasteiger partial charge on any atom is 0.0803 e. The minimum absolute atomic E-state index is 0.250. The van der Waals surface area contributed by atoms with E-state index in [2.05, 4.69) is 83.8 Å². The quantitative estimate of drug-likeness (QED) is 0.783. The lowest BCUT2D eigenvalue weighted by Crippen LogP contribution is -2.24. The highest BCUT2D eigenvalue weighted by Crippen LogP contribution is 2.42. The summed E-state index contributed by atoms with van der Waals surface area (Å²) < 4.78 is 0. The summed E-state index contributed by atoms with van der Waals surface area (Å²) in [6.07, 6.45) is 0. The molecule has 114 valence electrons. The Balaban J connectivity index is 1.87. The third-order valence-electron chi connectivity index (χ3n) is 4.64. The van der Waals surface area contributed by atoms with Crippen LogP contribution >= 0.6 is 0 Å². The molecule has 1 atom stereocenters. The molecule has 0 aromatic heterocycles. The maximum atomic E-state index is 5.98. The Hall–Kier alpha value is -2.58. The Bertz CT molecular complexity index is 811. The van der Waals surface area contributed by atoms with Crippen LogP contribution in [-0.2, 0) is 13.1 Å². The van der Waals surface area contributed by atoms with E-state index in [1.54, 1.807) is 0 Å². The van der Waals surface area contributed by atoms with Crippen molar-refractivity contribution in [2.45, 2.75) is 19.1 Å². The van der Waals surface area contributed by atoms with Gasteiger partial charge in [-0.3, -0.25) is 0 Å². The van der Waals surface area contributed by atoms with Crippen LogP contribution in [-0.4, -0.2) is 0 Å². The van der Waals surface area contributed by atoms with Crippen molar-refractivity contribution in [3.05, 3.63) is 101 Å². The minimum atomic E-state index is 0.250. The van der Waals surface area contributed by atoms with Crippen molar-refractivity contribution < 1.29 is 0 Å².